The zero-order valence-corrected chi connectivity index (χ0v) is 13.0. The highest BCUT2D eigenvalue weighted by Gasteiger charge is 2.26. The summed E-state index contributed by atoms with van der Waals surface area (Å²) in [7, 11) is -3.75. The number of aliphatic hydroxyl groups is 1. The molecule has 0 atom stereocenters. The molecule has 6 nitrogen and oxygen atoms in total. The van der Waals surface area contributed by atoms with Gasteiger partial charge in [0.25, 0.3) is 0 Å². The third-order valence-corrected chi connectivity index (χ3v) is 4.79. The van der Waals surface area contributed by atoms with E-state index in [1.54, 1.807) is 20.0 Å². The fourth-order valence-electron chi connectivity index (χ4n) is 2.10. The van der Waals surface area contributed by atoms with Crippen molar-refractivity contribution < 1.29 is 17.9 Å². The summed E-state index contributed by atoms with van der Waals surface area (Å²) in [5.41, 5.74) is 1.92. The van der Waals surface area contributed by atoms with Crippen molar-refractivity contribution in [2.45, 2.75) is 38.8 Å². The van der Waals surface area contributed by atoms with E-state index in [0.29, 0.717) is 11.3 Å². The molecule has 0 saturated heterocycles. The van der Waals surface area contributed by atoms with Gasteiger partial charge in [-0.15, -0.1) is 0 Å². The Labute approximate surface area is 123 Å². The molecule has 0 spiro atoms. The van der Waals surface area contributed by atoms with E-state index in [1.807, 2.05) is 19.1 Å². The molecule has 0 unspecified atom stereocenters. The highest BCUT2D eigenvalue weighted by atomic mass is 32.2. The van der Waals surface area contributed by atoms with Crippen LogP contribution in [-0.4, -0.2) is 18.5 Å². The molecule has 0 bridgehead atoms. The average molecular weight is 310 g/mol. The van der Waals surface area contributed by atoms with Crippen LogP contribution < -0.4 is 4.72 Å². The van der Waals surface area contributed by atoms with Crippen molar-refractivity contribution in [3.05, 3.63) is 46.7 Å². The van der Waals surface area contributed by atoms with E-state index in [-0.39, 0.29) is 23.8 Å². The molecule has 0 aliphatic heterocycles. The van der Waals surface area contributed by atoms with Gasteiger partial charge in [-0.05, 0) is 32.4 Å². The molecule has 0 aliphatic carbocycles. The second-order valence-electron chi connectivity index (χ2n) is 4.81. The third kappa shape index (κ3) is 3.31. The Balaban J connectivity index is 2.25. The molecule has 0 saturated carbocycles. The van der Waals surface area contributed by atoms with Crippen molar-refractivity contribution in [1.82, 2.24) is 9.71 Å². The van der Waals surface area contributed by atoms with Gasteiger partial charge in [0, 0.05) is 24.0 Å². The van der Waals surface area contributed by atoms with Gasteiger partial charge >= 0.3 is 0 Å². The number of furan rings is 1. The molecule has 2 N–H and O–H groups in total. The summed E-state index contributed by atoms with van der Waals surface area (Å²) in [6, 6.07) is 3.63. The zero-order chi connectivity index (χ0) is 15.6. The van der Waals surface area contributed by atoms with E-state index in [2.05, 4.69) is 9.71 Å². The molecule has 0 amide bonds. The summed E-state index contributed by atoms with van der Waals surface area (Å²) in [6.45, 7) is 4.80. The number of rotatable bonds is 5. The largest absolute Gasteiger partial charge is 0.465 e. The highest BCUT2D eigenvalue weighted by Crippen LogP contribution is 2.26. The highest BCUT2D eigenvalue weighted by molar-refractivity contribution is 7.89. The first-order valence-electron chi connectivity index (χ1n) is 6.46. The van der Waals surface area contributed by atoms with Crippen molar-refractivity contribution in [3.8, 4) is 0 Å². The third-order valence-electron chi connectivity index (χ3n) is 3.19. The van der Waals surface area contributed by atoms with Gasteiger partial charge < -0.3 is 9.52 Å². The molecule has 114 valence electrons. The molecular formula is C14H18N2O4S. The molecule has 0 radical (unpaired) electrons. The van der Waals surface area contributed by atoms with Crippen LogP contribution in [0, 0.1) is 20.8 Å². The first kappa shape index (κ1) is 15.7. The first-order valence-corrected chi connectivity index (χ1v) is 7.94. The minimum Gasteiger partial charge on any atom is -0.465 e. The van der Waals surface area contributed by atoms with Gasteiger partial charge in [-0.2, -0.15) is 0 Å². The summed E-state index contributed by atoms with van der Waals surface area (Å²) < 4.78 is 32.6. The van der Waals surface area contributed by atoms with Crippen LogP contribution in [0.4, 0.5) is 0 Å². The summed E-state index contributed by atoms with van der Waals surface area (Å²) in [6.07, 6.45) is 1.62. The number of nitrogens with one attached hydrogen (secondary N) is 1. The SMILES string of the molecule is Cc1ccc(CNS(=O)(=O)c2c(C)oc(C)c2CO)cn1. The van der Waals surface area contributed by atoms with Crippen LogP contribution in [0.1, 0.15) is 28.3 Å². The minimum absolute atomic E-state index is 0.0163. The maximum Gasteiger partial charge on any atom is 0.244 e. The van der Waals surface area contributed by atoms with Gasteiger partial charge in [0.2, 0.25) is 10.0 Å². The Kier molecular flexibility index (Phi) is 4.46. The smallest absolute Gasteiger partial charge is 0.244 e. The number of sulfonamides is 1. The molecule has 2 rings (SSSR count). The number of hydrogen-bond donors (Lipinski definition) is 2. The first-order chi connectivity index (χ1) is 9.85. The molecule has 2 aromatic rings. The van der Waals surface area contributed by atoms with Crippen LogP contribution in [0.2, 0.25) is 0 Å². The van der Waals surface area contributed by atoms with Crippen LogP contribution in [-0.2, 0) is 23.2 Å². The molecule has 2 aromatic heterocycles. The molecule has 0 fully saturated rings. The predicted molar refractivity (Wildman–Crippen MR) is 77.1 cm³/mol. The van der Waals surface area contributed by atoms with Gasteiger partial charge in [0.05, 0.1) is 6.61 Å². The molecule has 2 heterocycles. The van der Waals surface area contributed by atoms with E-state index in [0.717, 1.165) is 11.3 Å². The second-order valence-corrected chi connectivity index (χ2v) is 6.52. The van der Waals surface area contributed by atoms with Crippen LogP contribution in [0.3, 0.4) is 0 Å². The number of aromatic nitrogens is 1. The van der Waals surface area contributed by atoms with Crippen molar-refractivity contribution in [2.24, 2.45) is 0 Å². The monoisotopic (exact) mass is 310 g/mol. The Hall–Kier alpha value is -1.70. The van der Waals surface area contributed by atoms with E-state index in [9.17, 15) is 13.5 Å². The summed E-state index contributed by atoms with van der Waals surface area (Å²) in [4.78, 5) is 4.13. The van der Waals surface area contributed by atoms with Gasteiger partial charge in [0.1, 0.15) is 16.4 Å². The fourth-order valence-corrected chi connectivity index (χ4v) is 3.55. The Morgan fingerprint density at radius 1 is 1.24 bits per heavy atom. The van der Waals surface area contributed by atoms with Gasteiger partial charge in [-0.25, -0.2) is 13.1 Å². The van der Waals surface area contributed by atoms with Crippen molar-refractivity contribution in [1.29, 1.82) is 0 Å². The van der Waals surface area contributed by atoms with Crippen LogP contribution in [0.25, 0.3) is 0 Å². The van der Waals surface area contributed by atoms with E-state index >= 15 is 0 Å². The number of hydrogen-bond acceptors (Lipinski definition) is 5. The van der Waals surface area contributed by atoms with Crippen molar-refractivity contribution in [3.63, 3.8) is 0 Å². The standard InChI is InChI=1S/C14H18N2O4S/c1-9-4-5-12(6-15-9)7-16-21(18,19)14-11(3)20-10(2)13(14)8-17/h4-6,16-17H,7-8H2,1-3H3. The molecule has 0 aliphatic rings. The number of aliphatic hydroxyl groups excluding tert-OH is 1. The number of pyridine rings is 1. The molecule has 0 aromatic carbocycles. The van der Waals surface area contributed by atoms with Gasteiger partial charge in [-0.3, -0.25) is 4.98 Å². The van der Waals surface area contributed by atoms with Gasteiger partial charge in [-0.1, -0.05) is 6.07 Å². The summed E-state index contributed by atoms with van der Waals surface area (Å²) in [5, 5.41) is 9.33. The number of aryl methyl sites for hydroxylation is 3. The van der Waals surface area contributed by atoms with Crippen LogP contribution >= 0.6 is 0 Å². The molecular weight excluding hydrogens is 292 g/mol. The summed E-state index contributed by atoms with van der Waals surface area (Å²) >= 11 is 0. The average Bonchev–Trinajstić information content (AvgIpc) is 2.73. The Morgan fingerprint density at radius 3 is 2.52 bits per heavy atom. The number of nitrogens with zero attached hydrogens (tertiary/aromatic N) is 1. The molecule has 7 heteroatoms. The lowest BCUT2D eigenvalue weighted by Crippen LogP contribution is -2.24. The van der Waals surface area contributed by atoms with E-state index < -0.39 is 10.0 Å². The Morgan fingerprint density at radius 2 is 1.95 bits per heavy atom. The van der Waals surface area contributed by atoms with Crippen LogP contribution in [0.15, 0.2) is 27.6 Å². The predicted octanol–water partition coefficient (Wildman–Crippen LogP) is 1.57. The van der Waals surface area contributed by atoms with Gasteiger partial charge in [0.15, 0.2) is 0 Å². The maximum absolute atomic E-state index is 12.4. The fraction of sp³-hybridized carbons (Fsp3) is 0.357. The second kappa shape index (κ2) is 5.97. The lowest BCUT2D eigenvalue weighted by molar-refractivity contribution is 0.276. The van der Waals surface area contributed by atoms with Crippen molar-refractivity contribution >= 4 is 10.0 Å². The zero-order valence-electron chi connectivity index (χ0n) is 12.2. The lowest BCUT2D eigenvalue weighted by atomic mass is 10.2. The summed E-state index contributed by atoms with van der Waals surface area (Å²) in [5.74, 6) is 0.679. The van der Waals surface area contributed by atoms with Crippen LogP contribution in [0.5, 0.6) is 0 Å². The van der Waals surface area contributed by atoms with E-state index in [1.165, 1.54) is 0 Å². The van der Waals surface area contributed by atoms with E-state index in [4.69, 9.17) is 4.42 Å². The maximum atomic E-state index is 12.4. The molecule has 21 heavy (non-hydrogen) atoms. The topological polar surface area (TPSA) is 92.4 Å². The normalized spacial score (nSPS) is 11.8. The van der Waals surface area contributed by atoms with Crippen molar-refractivity contribution in [2.75, 3.05) is 0 Å². The lowest BCUT2D eigenvalue weighted by Gasteiger charge is -2.07. The Bertz CT molecular complexity index is 733. The quantitative estimate of drug-likeness (QED) is 0.874. The minimum atomic E-state index is -3.75.